The van der Waals surface area contributed by atoms with Crippen LogP contribution in [0.15, 0.2) is 38.3 Å². The minimum Gasteiger partial charge on any atom is -0.465 e. The summed E-state index contributed by atoms with van der Waals surface area (Å²) < 4.78 is 36.9. The number of hydrogen-bond acceptors (Lipinski definition) is 6. The van der Waals surface area contributed by atoms with Gasteiger partial charge in [0, 0.05) is 0 Å². The van der Waals surface area contributed by atoms with Crippen LogP contribution in [-0.2, 0) is 26.1 Å². The summed E-state index contributed by atoms with van der Waals surface area (Å²) in [4.78, 5) is 12.3. The number of nitrogens with zero attached hydrogens (tertiary/aromatic N) is 2. The number of sulfonamides is 1. The number of thiazole rings is 1. The van der Waals surface area contributed by atoms with Gasteiger partial charge in [-0.3, -0.25) is 4.79 Å². The first-order chi connectivity index (χ1) is 12.3. The van der Waals surface area contributed by atoms with Gasteiger partial charge in [-0.2, -0.15) is 8.42 Å². The lowest BCUT2D eigenvalue weighted by Gasteiger charge is -2.06. The molecule has 2 heterocycles. The summed E-state index contributed by atoms with van der Waals surface area (Å²) in [6.07, 6.45) is 0. The highest BCUT2D eigenvalue weighted by Crippen LogP contribution is 2.24. The SMILES string of the molecule is CCOC(=O)Cn1c(=NS(=O)(=O)c2cccs2)sc2c(C)cc(C)cc21. The standard InChI is InChI=1S/C17H18N2O4S3/c1-4-23-14(20)10-19-13-9-11(2)8-12(3)16(13)25-17(19)18-26(21,22)15-6-5-7-24-15/h5-9H,4,10H2,1-3H3. The van der Waals surface area contributed by atoms with Crippen molar-refractivity contribution in [3.63, 3.8) is 0 Å². The number of rotatable bonds is 5. The number of aromatic nitrogens is 1. The number of carbonyl (C=O) groups is 1. The molecule has 3 rings (SSSR count). The minimum atomic E-state index is -3.83. The Morgan fingerprint density at radius 1 is 1.31 bits per heavy atom. The molecule has 2 aromatic heterocycles. The molecule has 0 saturated heterocycles. The lowest BCUT2D eigenvalue weighted by Crippen LogP contribution is -2.23. The molecular formula is C17H18N2O4S3. The van der Waals surface area contributed by atoms with Crippen molar-refractivity contribution in [1.82, 2.24) is 4.57 Å². The normalized spacial score (nSPS) is 12.7. The number of hydrogen-bond donors (Lipinski definition) is 0. The largest absolute Gasteiger partial charge is 0.465 e. The van der Waals surface area contributed by atoms with E-state index >= 15 is 0 Å². The fraction of sp³-hybridized carbons (Fsp3) is 0.294. The Morgan fingerprint density at radius 2 is 2.08 bits per heavy atom. The smallest absolute Gasteiger partial charge is 0.326 e. The van der Waals surface area contributed by atoms with Gasteiger partial charge in [0.05, 0.1) is 16.8 Å². The van der Waals surface area contributed by atoms with Gasteiger partial charge in [-0.1, -0.05) is 23.5 Å². The monoisotopic (exact) mass is 410 g/mol. The van der Waals surface area contributed by atoms with E-state index in [0.717, 1.165) is 32.7 Å². The molecule has 138 valence electrons. The minimum absolute atomic E-state index is 0.0878. The fourth-order valence-corrected chi connectivity index (χ4v) is 5.88. The number of benzene rings is 1. The van der Waals surface area contributed by atoms with Gasteiger partial charge < -0.3 is 9.30 Å². The van der Waals surface area contributed by atoms with Gasteiger partial charge in [0.25, 0.3) is 10.0 Å². The Labute approximate surface area is 159 Å². The van der Waals surface area contributed by atoms with Crippen LogP contribution < -0.4 is 4.80 Å². The Hall–Kier alpha value is -1.97. The van der Waals surface area contributed by atoms with Gasteiger partial charge in [0.15, 0.2) is 0 Å². The van der Waals surface area contributed by atoms with Crippen LogP contribution in [0.25, 0.3) is 10.2 Å². The van der Waals surface area contributed by atoms with Crippen LogP contribution in [-0.4, -0.2) is 25.6 Å². The van der Waals surface area contributed by atoms with E-state index in [1.807, 2.05) is 26.0 Å². The molecule has 3 aromatic rings. The molecule has 9 heteroatoms. The molecule has 0 amide bonds. The maximum Gasteiger partial charge on any atom is 0.326 e. The molecule has 0 saturated carbocycles. The van der Waals surface area contributed by atoms with Crippen molar-refractivity contribution in [3.8, 4) is 0 Å². The Balaban J connectivity index is 2.25. The zero-order valence-corrected chi connectivity index (χ0v) is 17.0. The van der Waals surface area contributed by atoms with Crippen LogP contribution in [0, 0.1) is 13.8 Å². The first-order valence-corrected chi connectivity index (χ1v) is 11.1. The van der Waals surface area contributed by atoms with Crippen LogP contribution in [0.1, 0.15) is 18.1 Å². The van der Waals surface area contributed by atoms with E-state index in [-0.39, 0.29) is 22.2 Å². The molecule has 0 fully saturated rings. The van der Waals surface area contributed by atoms with Crippen molar-refractivity contribution in [3.05, 3.63) is 45.6 Å². The van der Waals surface area contributed by atoms with Crippen LogP contribution in [0.2, 0.25) is 0 Å². The van der Waals surface area contributed by atoms with Gasteiger partial charge >= 0.3 is 5.97 Å². The number of carbonyl (C=O) groups excluding carboxylic acids is 1. The summed E-state index contributed by atoms with van der Waals surface area (Å²) in [5.74, 6) is -0.429. The molecule has 0 aliphatic heterocycles. The predicted octanol–water partition coefficient (Wildman–Crippen LogP) is 3.23. The summed E-state index contributed by atoms with van der Waals surface area (Å²) in [5.41, 5.74) is 2.82. The number of fused-ring (bicyclic) bond motifs is 1. The molecule has 0 radical (unpaired) electrons. The first kappa shape index (κ1) is 18.8. The van der Waals surface area contributed by atoms with Crippen molar-refractivity contribution >= 4 is 48.9 Å². The molecule has 0 spiro atoms. The molecule has 0 atom stereocenters. The van der Waals surface area contributed by atoms with Crippen molar-refractivity contribution < 1.29 is 17.9 Å². The van der Waals surface area contributed by atoms with Crippen LogP contribution in [0.3, 0.4) is 0 Å². The predicted molar refractivity (Wildman–Crippen MR) is 103 cm³/mol. The second-order valence-electron chi connectivity index (χ2n) is 5.70. The lowest BCUT2D eigenvalue weighted by atomic mass is 10.1. The molecule has 0 N–H and O–H groups in total. The third-order valence-electron chi connectivity index (χ3n) is 3.65. The topological polar surface area (TPSA) is 77.7 Å². The Kier molecular flexibility index (Phi) is 5.31. The summed E-state index contributed by atoms with van der Waals surface area (Å²) in [6.45, 7) is 5.82. The molecule has 1 aromatic carbocycles. The summed E-state index contributed by atoms with van der Waals surface area (Å²) >= 11 is 2.37. The summed E-state index contributed by atoms with van der Waals surface area (Å²) in [7, 11) is -3.83. The van der Waals surface area contributed by atoms with E-state index in [0.29, 0.717) is 0 Å². The lowest BCUT2D eigenvalue weighted by molar-refractivity contribution is -0.143. The van der Waals surface area contributed by atoms with E-state index in [2.05, 4.69) is 4.40 Å². The van der Waals surface area contributed by atoms with Crippen molar-refractivity contribution in [2.45, 2.75) is 31.5 Å². The molecule has 26 heavy (non-hydrogen) atoms. The van der Waals surface area contributed by atoms with Gasteiger partial charge in [-0.25, -0.2) is 0 Å². The third kappa shape index (κ3) is 3.74. The summed E-state index contributed by atoms with van der Waals surface area (Å²) in [6, 6.07) is 7.13. The van der Waals surface area contributed by atoms with Gasteiger partial charge in [-0.05, 0) is 49.4 Å². The highest BCUT2D eigenvalue weighted by Gasteiger charge is 2.18. The zero-order valence-electron chi connectivity index (χ0n) is 14.6. The van der Waals surface area contributed by atoms with Crippen molar-refractivity contribution in [1.29, 1.82) is 0 Å². The van der Waals surface area contributed by atoms with Gasteiger partial charge in [0.2, 0.25) is 4.80 Å². The number of esters is 1. The molecule has 0 aliphatic carbocycles. The van der Waals surface area contributed by atoms with E-state index < -0.39 is 16.0 Å². The average molecular weight is 411 g/mol. The number of ether oxygens (including phenoxy) is 1. The third-order valence-corrected chi connectivity index (χ3v) is 7.64. The molecule has 0 aliphatic rings. The van der Waals surface area contributed by atoms with E-state index in [9.17, 15) is 13.2 Å². The number of aryl methyl sites for hydroxylation is 2. The molecular weight excluding hydrogens is 392 g/mol. The number of thiophene rings is 1. The fourth-order valence-electron chi connectivity index (χ4n) is 2.63. The van der Waals surface area contributed by atoms with Crippen LogP contribution in [0.4, 0.5) is 0 Å². The van der Waals surface area contributed by atoms with Crippen LogP contribution in [0.5, 0.6) is 0 Å². The highest BCUT2D eigenvalue weighted by molar-refractivity contribution is 7.92. The second kappa shape index (κ2) is 7.34. The van der Waals surface area contributed by atoms with Crippen LogP contribution >= 0.6 is 22.7 Å². The van der Waals surface area contributed by atoms with Crippen molar-refractivity contribution in [2.24, 2.45) is 4.40 Å². The van der Waals surface area contributed by atoms with E-state index in [1.54, 1.807) is 22.9 Å². The van der Waals surface area contributed by atoms with Gasteiger partial charge in [0.1, 0.15) is 10.8 Å². The second-order valence-corrected chi connectivity index (χ2v) is 9.46. The average Bonchev–Trinajstić information content (AvgIpc) is 3.18. The van der Waals surface area contributed by atoms with E-state index in [4.69, 9.17) is 4.74 Å². The molecule has 6 nitrogen and oxygen atoms in total. The Morgan fingerprint density at radius 3 is 2.73 bits per heavy atom. The Bertz CT molecular complexity index is 1120. The van der Waals surface area contributed by atoms with Crippen molar-refractivity contribution in [2.75, 3.05) is 6.61 Å². The molecule has 0 bridgehead atoms. The summed E-state index contributed by atoms with van der Waals surface area (Å²) in [5, 5.41) is 1.69. The highest BCUT2D eigenvalue weighted by atomic mass is 32.2. The molecule has 0 unspecified atom stereocenters. The maximum absolute atomic E-state index is 12.6. The van der Waals surface area contributed by atoms with Gasteiger partial charge in [-0.15, -0.1) is 15.7 Å². The van der Waals surface area contributed by atoms with E-state index in [1.165, 1.54) is 17.4 Å². The maximum atomic E-state index is 12.6. The first-order valence-electron chi connectivity index (χ1n) is 7.92. The zero-order chi connectivity index (χ0) is 18.9. The quantitative estimate of drug-likeness (QED) is 0.605.